The van der Waals surface area contributed by atoms with Gasteiger partial charge in [-0.2, -0.15) is 0 Å². The maximum Gasteiger partial charge on any atom is 0.226 e. The summed E-state index contributed by atoms with van der Waals surface area (Å²) in [7, 11) is 1.62. The van der Waals surface area contributed by atoms with Crippen molar-refractivity contribution in [1.82, 2.24) is 4.57 Å². The summed E-state index contributed by atoms with van der Waals surface area (Å²) in [5.41, 5.74) is 3.08. The second-order valence-electron chi connectivity index (χ2n) is 6.04. The molecule has 1 atom stereocenters. The van der Waals surface area contributed by atoms with Crippen LogP contribution in [0.25, 0.3) is 0 Å². The monoisotopic (exact) mass is 334 g/mol. The Morgan fingerprint density at radius 2 is 1.80 bits per heavy atom. The number of carbonyl (C=O) groups excluding carboxylic acids is 1. The summed E-state index contributed by atoms with van der Waals surface area (Å²) >= 11 is 0. The molecule has 0 unspecified atom stereocenters. The maximum atomic E-state index is 12.6. The number of nitrogens with zero attached hydrogens (tertiary/aromatic N) is 1. The van der Waals surface area contributed by atoms with Crippen molar-refractivity contribution < 1.29 is 9.53 Å². The van der Waals surface area contributed by atoms with E-state index in [1.165, 1.54) is 5.56 Å². The van der Waals surface area contributed by atoms with Gasteiger partial charge in [-0.15, -0.1) is 0 Å². The molecule has 0 spiro atoms. The lowest BCUT2D eigenvalue weighted by atomic mass is 10.0. The van der Waals surface area contributed by atoms with Gasteiger partial charge in [-0.25, -0.2) is 0 Å². The van der Waals surface area contributed by atoms with E-state index in [0.717, 1.165) is 17.0 Å². The van der Waals surface area contributed by atoms with Crippen molar-refractivity contribution in [3.05, 3.63) is 84.2 Å². The van der Waals surface area contributed by atoms with Gasteiger partial charge in [0, 0.05) is 18.1 Å². The Kier molecular flexibility index (Phi) is 5.19. The summed E-state index contributed by atoms with van der Waals surface area (Å²) in [6.45, 7) is 2.06. The zero-order chi connectivity index (χ0) is 17.6. The third-order valence-electron chi connectivity index (χ3n) is 4.17. The van der Waals surface area contributed by atoms with Crippen LogP contribution in [-0.4, -0.2) is 17.6 Å². The Bertz CT molecular complexity index is 823. The summed E-state index contributed by atoms with van der Waals surface area (Å²) in [5.74, 6) is 0.744. The first-order valence-corrected chi connectivity index (χ1v) is 8.28. The summed E-state index contributed by atoms with van der Waals surface area (Å²) in [6, 6.07) is 19.6. The number of hydrogen-bond donors (Lipinski definition) is 1. The lowest BCUT2D eigenvalue weighted by Crippen LogP contribution is -2.19. The number of ether oxygens (including phenoxy) is 1. The lowest BCUT2D eigenvalue weighted by Gasteiger charge is -2.20. The van der Waals surface area contributed by atoms with Crippen molar-refractivity contribution in [3.63, 3.8) is 0 Å². The molecule has 3 aromatic rings. The Hall–Kier alpha value is -3.01. The summed E-state index contributed by atoms with van der Waals surface area (Å²) in [5, 5.41) is 2.96. The molecule has 0 radical (unpaired) electrons. The van der Waals surface area contributed by atoms with E-state index in [-0.39, 0.29) is 11.9 Å². The molecule has 128 valence electrons. The summed E-state index contributed by atoms with van der Waals surface area (Å²) < 4.78 is 7.21. The van der Waals surface area contributed by atoms with E-state index in [2.05, 4.69) is 35.0 Å². The van der Waals surface area contributed by atoms with Gasteiger partial charge in [-0.3, -0.25) is 4.79 Å². The first-order chi connectivity index (χ1) is 12.2. The Labute approximate surface area is 148 Å². The minimum absolute atomic E-state index is 0.0228. The Balaban J connectivity index is 1.76. The normalized spacial score (nSPS) is 11.8. The summed E-state index contributed by atoms with van der Waals surface area (Å²) in [4.78, 5) is 12.6. The van der Waals surface area contributed by atoms with E-state index in [9.17, 15) is 4.79 Å². The van der Waals surface area contributed by atoms with Gasteiger partial charge in [-0.1, -0.05) is 29.8 Å². The van der Waals surface area contributed by atoms with Crippen LogP contribution in [0.2, 0.25) is 0 Å². The van der Waals surface area contributed by atoms with Gasteiger partial charge >= 0.3 is 0 Å². The van der Waals surface area contributed by atoms with E-state index < -0.39 is 0 Å². The van der Waals surface area contributed by atoms with E-state index in [4.69, 9.17) is 4.74 Å². The molecule has 1 aromatic heterocycles. The average molecular weight is 334 g/mol. The molecule has 0 fully saturated rings. The van der Waals surface area contributed by atoms with Crippen molar-refractivity contribution >= 4 is 11.6 Å². The minimum Gasteiger partial charge on any atom is -0.497 e. The predicted octanol–water partition coefficient (Wildman–Crippen LogP) is 4.42. The number of carbonyl (C=O) groups is 1. The van der Waals surface area contributed by atoms with Crippen molar-refractivity contribution in [2.75, 3.05) is 12.4 Å². The fourth-order valence-electron chi connectivity index (χ4n) is 2.89. The Morgan fingerprint density at radius 1 is 1.08 bits per heavy atom. The molecule has 2 aromatic carbocycles. The number of benzene rings is 2. The van der Waals surface area contributed by atoms with Gasteiger partial charge in [0.2, 0.25) is 5.91 Å². The van der Waals surface area contributed by atoms with Gasteiger partial charge in [0.1, 0.15) is 5.75 Å². The fraction of sp³-hybridized carbons (Fsp3) is 0.190. The number of hydrogen-bond acceptors (Lipinski definition) is 2. The van der Waals surface area contributed by atoms with Crippen LogP contribution in [0.5, 0.6) is 5.75 Å². The third-order valence-corrected chi connectivity index (χ3v) is 4.17. The van der Waals surface area contributed by atoms with Crippen LogP contribution in [0.15, 0.2) is 73.1 Å². The highest BCUT2D eigenvalue weighted by atomic mass is 16.5. The van der Waals surface area contributed by atoms with Crippen molar-refractivity contribution in [1.29, 1.82) is 0 Å². The van der Waals surface area contributed by atoms with E-state index in [1.54, 1.807) is 7.11 Å². The number of methoxy groups -OCH3 is 1. The van der Waals surface area contributed by atoms with Gasteiger partial charge in [0.15, 0.2) is 0 Å². The zero-order valence-electron chi connectivity index (χ0n) is 14.5. The average Bonchev–Trinajstić information content (AvgIpc) is 3.14. The maximum absolute atomic E-state index is 12.6. The third kappa shape index (κ3) is 4.29. The number of amides is 1. The fourth-order valence-corrected chi connectivity index (χ4v) is 2.89. The van der Waals surface area contributed by atoms with Gasteiger partial charge < -0.3 is 14.6 Å². The van der Waals surface area contributed by atoms with Crippen LogP contribution in [0.3, 0.4) is 0 Å². The van der Waals surface area contributed by atoms with Crippen molar-refractivity contribution in [2.24, 2.45) is 0 Å². The molecule has 0 aliphatic heterocycles. The standard InChI is InChI=1S/C21H22N2O2/c1-16-6-5-7-17(14-16)20(23-12-3-4-13-23)15-21(24)22-18-8-10-19(25-2)11-9-18/h3-14,20H,15H2,1-2H3,(H,22,24)/t20-/m0/s1. The summed E-state index contributed by atoms with van der Waals surface area (Å²) in [6.07, 6.45) is 4.35. The van der Waals surface area contributed by atoms with Crippen LogP contribution < -0.4 is 10.1 Å². The molecule has 25 heavy (non-hydrogen) atoms. The molecular weight excluding hydrogens is 312 g/mol. The SMILES string of the molecule is COc1ccc(NC(=O)C[C@@H](c2cccc(C)c2)n2cccc2)cc1. The lowest BCUT2D eigenvalue weighted by molar-refractivity contribution is -0.116. The van der Waals surface area contributed by atoms with Gasteiger partial charge in [-0.05, 0) is 48.9 Å². The van der Waals surface area contributed by atoms with E-state index in [0.29, 0.717) is 6.42 Å². The highest BCUT2D eigenvalue weighted by Gasteiger charge is 2.17. The number of anilines is 1. The van der Waals surface area contributed by atoms with Crippen LogP contribution in [0, 0.1) is 6.92 Å². The topological polar surface area (TPSA) is 43.3 Å². The highest BCUT2D eigenvalue weighted by Crippen LogP contribution is 2.24. The number of aryl methyl sites for hydroxylation is 1. The number of nitrogens with one attached hydrogen (secondary N) is 1. The number of rotatable bonds is 6. The molecule has 0 aliphatic carbocycles. The van der Waals surface area contributed by atoms with Crippen LogP contribution in [0.1, 0.15) is 23.6 Å². The smallest absolute Gasteiger partial charge is 0.226 e. The highest BCUT2D eigenvalue weighted by molar-refractivity contribution is 5.91. The molecule has 3 rings (SSSR count). The molecule has 0 saturated carbocycles. The first-order valence-electron chi connectivity index (χ1n) is 8.28. The minimum atomic E-state index is -0.0341. The molecule has 1 heterocycles. The molecule has 1 amide bonds. The van der Waals surface area contributed by atoms with E-state index in [1.807, 2.05) is 54.9 Å². The molecule has 0 aliphatic rings. The quantitative estimate of drug-likeness (QED) is 0.725. The molecule has 0 saturated heterocycles. The first kappa shape index (κ1) is 16.8. The van der Waals surface area contributed by atoms with Crippen LogP contribution in [0.4, 0.5) is 5.69 Å². The van der Waals surface area contributed by atoms with Crippen LogP contribution in [-0.2, 0) is 4.79 Å². The van der Waals surface area contributed by atoms with Gasteiger partial charge in [0.05, 0.1) is 19.6 Å². The largest absolute Gasteiger partial charge is 0.497 e. The second kappa shape index (κ2) is 7.71. The van der Waals surface area contributed by atoms with Crippen molar-refractivity contribution in [3.8, 4) is 5.75 Å². The van der Waals surface area contributed by atoms with Crippen LogP contribution >= 0.6 is 0 Å². The Morgan fingerprint density at radius 3 is 2.44 bits per heavy atom. The molecule has 1 N–H and O–H groups in total. The zero-order valence-corrected chi connectivity index (χ0v) is 14.5. The second-order valence-corrected chi connectivity index (χ2v) is 6.04. The van der Waals surface area contributed by atoms with Crippen molar-refractivity contribution in [2.45, 2.75) is 19.4 Å². The van der Waals surface area contributed by atoms with E-state index >= 15 is 0 Å². The van der Waals surface area contributed by atoms with Gasteiger partial charge in [0.25, 0.3) is 0 Å². The molecule has 4 heteroatoms. The molecule has 0 bridgehead atoms. The molecule has 4 nitrogen and oxygen atoms in total. The predicted molar refractivity (Wildman–Crippen MR) is 100.0 cm³/mol. The number of aromatic nitrogens is 1. The molecular formula is C21H22N2O2.